The van der Waals surface area contributed by atoms with Gasteiger partial charge in [-0.05, 0) is 61.0 Å². The van der Waals surface area contributed by atoms with Gasteiger partial charge in [-0.3, -0.25) is 9.59 Å². The zero-order valence-electron chi connectivity index (χ0n) is 16.5. The highest BCUT2D eigenvalue weighted by Gasteiger charge is 2.12. The minimum atomic E-state index is -0.281. The monoisotopic (exact) mass is 399 g/mol. The number of fused-ring (bicyclic) bond motifs is 2. The smallest absolute Gasteiger partial charge is 0.260 e. The molecule has 6 nitrogen and oxygen atoms in total. The fourth-order valence-corrected chi connectivity index (χ4v) is 3.42. The molecule has 1 heterocycles. The number of pyridine rings is 1. The summed E-state index contributed by atoms with van der Waals surface area (Å²) < 4.78 is 7.25. The summed E-state index contributed by atoms with van der Waals surface area (Å²) in [4.78, 5) is 25.3. The molecule has 4 rings (SSSR count). The number of carbonyl (C=O) groups excluding carboxylic acids is 1. The van der Waals surface area contributed by atoms with E-state index in [-0.39, 0.29) is 17.9 Å². The molecule has 0 aliphatic heterocycles. The number of hydrazone groups is 1. The molecule has 6 heteroatoms. The maximum Gasteiger partial charge on any atom is 0.260 e. The van der Waals surface area contributed by atoms with Gasteiger partial charge in [-0.2, -0.15) is 5.10 Å². The lowest BCUT2D eigenvalue weighted by atomic mass is 10.1. The Balaban J connectivity index is 1.57. The van der Waals surface area contributed by atoms with Gasteiger partial charge in [-0.1, -0.05) is 24.3 Å². The Bertz CT molecular complexity index is 1230. The molecule has 150 valence electrons. The summed E-state index contributed by atoms with van der Waals surface area (Å²) in [5.74, 6) is 0.506. The summed E-state index contributed by atoms with van der Waals surface area (Å²) in [5, 5.41) is 5.22. The fourth-order valence-electron chi connectivity index (χ4n) is 3.42. The number of nitrogens with one attached hydrogen (secondary N) is 1. The zero-order chi connectivity index (χ0) is 20.9. The van der Waals surface area contributed by atoms with Gasteiger partial charge >= 0.3 is 0 Å². The molecule has 0 atom stereocenters. The van der Waals surface area contributed by atoms with Crippen molar-refractivity contribution in [2.24, 2.45) is 5.10 Å². The van der Waals surface area contributed by atoms with E-state index in [9.17, 15) is 9.59 Å². The van der Waals surface area contributed by atoms with Gasteiger partial charge in [0, 0.05) is 10.8 Å². The van der Waals surface area contributed by atoms with Gasteiger partial charge in [0.15, 0.2) is 5.43 Å². The lowest BCUT2D eigenvalue weighted by Crippen LogP contribution is -2.25. The van der Waals surface area contributed by atoms with E-state index < -0.39 is 0 Å². The Morgan fingerprint density at radius 1 is 0.967 bits per heavy atom. The van der Waals surface area contributed by atoms with Crippen molar-refractivity contribution in [3.63, 3.8) is 0 Å². The van der Waals surface area contributed by atoms with E-state index in [2.05, 4.69) is 10.5 Å². The van der Waals surface area contributed by atoms with E-state index in [1.807, 2.05) is 72.2 Å². The van der Waals surface area contributed by atoms with E-state index in [0.29, 0.717) is 28.4 Å². The first-order valence-electron chi connectivity index (χ1n) is 9.72. The predicted molar refractivity (Wildman–Crippen MR) is 119 cm³/mol. The van der Waals surface area contributed by atoms with Gasteiger partial charge in [0.2, 0.25) is 0 Å². The van der Waals surface area contributed by atoms with Crippen LogP contribution in [-0.2, 0) is 11.3 Å². The number of aromatic nitrogens is 1. The highest BCUT2D eigenvalue weighted by molar-refractivity contribution is 5.95. The summed E-state index contributed by atoms with van der Waals surface area (Å²) in [6.45, 7) is 2.58. The van der Waals surface area contributed by atoms with Crippen molar-refractivity contribution in [3.8, 4) is 5.75 Å². The van der Waals surface area contributed by atoms with Gasteiger partial charge < -0.3 is 9.30 Å². The summed E-state index contributed by atoms with van der Waals surface area (Å²) >= 11 is 0. The Labute approximate surface area is 173 Å². The minimum Gasteiger partial charge on any atom is -0.494 e. The maximum atomic E-state index is 12.8. The highest BCUT2D eigenvalue weighted by Crippen LogP contribution is 2.19. The number of hydrogen-bond donors (Lipinski definition) is 1. The summed E-state index contributed by atoms with van der Waals surface area (Å²) in [6.07, 6.45) is 1.58. The number of nitrogens with zero attached hydrogens (tertiary/aromatic N) is 2. The maximum absolute atomic E-state index is 12.8. The fraction of sp³-hybridized carbons (Fsp3) is 0.125. The summed E-state index contributed by atoms with van der Waals surface area (Å²) in [5.41, 5.74) is 4.80. The van der Waals surface area contributed by atoms with Crippen molar-refractivity contribution in [3.05, 3.63) is 88.6 Å². The number of carbonyl (C=O) groups is 1. The average molecular weight is 399 g/mol. The van der Waals surface area contributed by atoms with Crippen molar-refractivity contribution < 1.29 is 9.53 Å². The molecule has 0 aliphatic rings. The minimum absolute atomic E-state index is 0.0358. The standard InChI is InChI=1S/C24H21N3O3/c1-2-30-18-13-11-17(12-14-18)15-25-26-23(28)16-27-21-9-5-3-7-19(21)24(29)20-8-4-6-10-22(20)27/h3-15H,2,16H2,1H3,(H,26,28). The topological polar surface area (TPSA) is 72.7 Å². The lowest BCUT2D eigenvalue weighted by molar-refractivity contribution is -0.121. The normalized spacial score (nSPS) is 11.2. The van der Waals surface area contributed by atoms with Crippen molar-refractivity contribution >= 4 is 33.9 Å². The van der Waals surface area contributed by atoms with E-state index in [1.165, 1.54) is 0 Å². The van der Waals surface area contributed by atoms with Crippen LogP contribution in [0.3, 0.4) is 0 Å². The van der Waals surface area contributed by atoms with Crippen LogP contribution in [0.1, 0.15) is 12.5 Å². The molecule has 3 aromatic carbocycles. The molecule has 1 aromatic heterocycles. The van der Waals surface area contributed by atoms with Crippen molar-refractivity contribution in [2.75, 3.05) is 6.61 Å². The van der Waals surface area contributed by atoms with Crippen LogP contribution in [0.15, 0.2) is 82.7 Å². The van der Waals surface area contributed by atoms with Crippen LogP contribution in [0, 0.1) is 0 Å². The molecular weight excluding hydrogens is 378 g/mol. The van der Waals surface area contributed by atoms with Gasteiger partial charge in [-0.25, -0.2) is 5.43 Å². The average Bonchev–Trinajstić information content (AvgIpc) is 2.78. The Morgan fingerprint density at radius 3 is 2.17 bits per heavy atom. The van der Waals surface area contributed by atoms with Crippen LogP contribution in [0.2, 0.25) is 0 Å². The molecule has 0 saturated carbocycles. The van der Waals surface area contributed by atoms with Crippen LogP contribution < -0.4 is 15.6 Å². The van der Waals surface area contributed by atoms with Crippen LogP contribution in [0.25, 0.3) is 21.8 Å². The molecule has 0 radical (unpaired) electrons. The van der Waals surface area contributed by atoms with E-state index in [0.717, 1.165) is 11.3 Å². The number of amides is 1. The highest BCUT2D eigenvalue weighted by atomic mass is 16.5. The molecule has 0 aliphatic carbocycles. The molecule has 30 heavy (non-hydrogen) atoms. The molecule has 0 bridgehead atoms. The zero-order valence-corrected chi connectivity index (χ0v) is 16.5. The molecule has 0 fully saturated rings. The SMILES string of the molecule is CCOc1ccc(C=NNC(=O)Cn2c3ccccc3c(=O)c3ccccc32)cc1. The van der Waals surface area contributed by atoms with Crippen LogP contribution in [0.5, 0.6) is 5.75 Å². The third-order valence-electron chi connectivity index (χ3n) is 4.77. The number of para-hydroxylation sites is 2. The molecule has 0 saturated heterocycles. The van der Waals surface area contributed by atoms with E-state index in [4.69, 9.17) is 4.74 Å². The first-order chi connectivity index (χ1) is 14.7. The largest absolute Gasteiger partial charge is 0.494 e. The molecule has 0 unspecified atom stereocenters. The number of hydrogen-bond acceptors (Lipinski definition) is 4. The first-order valence-corrected chi connectivity index (χ1v) is 9.72. The summed E-state index contributed by atoms with van der Waals surface area (Å²) in [6, 6.07) is 22.0. The molecule has 4 aromatic rings. The summed E-state index contributed by atoms with van der Waals surface area (Å²) in [7, 11) is 0. The Morgan fingerprint density at radius 2 is 1.57 bits per heavy atom. The third-order valence-corrected chi connectivity index (χ3v) is 4.77. The van der Waals surface area contributed by atoms with Gasteiger partial charge in [-0.15, -0.1) is 0 Å². The molecule has 1 N–H and O–H groups in total. The third kappa shape index (κ3) is 3.93. The van der Waals surface area contributed by atoms with Crippen molar-refractivity contribution in [2.45, 2.75) is 13.5 Å². The van der Waals surface area contributed by atoms with E-state index in [1.54, 1.807) is 18.3 Å². The second-order valence-corrected chi connectivity index (χ2v) is 6.74. The molecule has 1 amide bonds. The van der Waals surface area contributed by atoms with Gasteiger partial charge in [0.25, 0.3) is 5.91 Å². The van der Waals surface area contributed by atoms with Crippen LogP contribution in [-0.4, -0.2) is 23.3 Å². The van der Waals surface area contributed by atoms with E-state index >= 15 is 0 Å². The molecule has 0 spiro atoms. The Kier molecular flexibility index (Phi) is 5.57. The van der Waals surface area contributed by atoms with Gasteiger partial charge in [0.05, 0.1) is 23.9 Å². The van der Waals surface area contributed by atoms with Crippen LogP contribution >= 0.6 is 0 Å². The first kappa shape index (κ1) is 19.4. The Hall–Kier alpha value is -3.93. The van der Waals surface area contributed by atoms with Crippen molar-refractivity contribution in [1.29, 1.82) is 0 Å². The lowest BCUT2D eigenvalue weighted by Gasteiger charge is -2.14. The number of benzene rings is 3. The second-order valence-electron chi connectivity index (χ2n) is 6.74. The number of rotatable bonds is 6. The second kappa shape index (κ2) is 8.61. The quantitative estimate of drug-likeness (QED) is 0.305. The van der Waals surface area contributed by atoms with Gasteiger partial charge in [0.1, 0.15) is 12.3 Å². The predicted octanol–water partition coefficient (Wildman–Crippen LogP) is 3.70. The molecular formula is C24H21N3O3. The van der Waals surface area contributed by atoms with Crippen molar-refractivity contribution in [1.82, 2.24) is 9.99 Å². The number of ether oxygens (including phenoxy) is 1. The van der Waals surface area contributed by atoms with Crippen LogP contribution in [0.4, 0.5) is 0 Å².